The molecule has 0 spiro atoms. The van der Waals surface area contributed by atoms with Gasteiger partial charge in [0.15, 0.2) is 5.01 Å². The molecule has 1 aliphatic rings. The monoisotopic (exact) mass is 320 g/mol. The Balaban J connectivity index is 1.83. The number of aromatic nitrogens is 2. The second-order valence-electron chi connectivity index (χ2n) is 5.47. The van der Waals surface area contributed by atoms with Crippen molar-refractivity contribution in [1.82, 2.24) is 15.1 Å². The molecule has 3 rings (SSSR count). The van der Waals surface area contributed by atoms with Crippen LogP contribution in [0.15, 0.2) is 18.2 Å². The van der Waals surface area contributed by atoms with Gasteiger partial charge >= 0.3 is 0 Å². The van der Waals surface area contributed by atoms with Crippen LogP contribution in [-0.2, 0) is 0 Å². The van der Waals surface area contributed by atoms with E-state index >= 15 is 0 Å². The molecule has 2 heterocycles. The maximum absolute atomic E-state index is 14.0. The van der Waals surface area contributed by atoms with Crippen molar-refractivity contribution in [1.29, 1.82) is 0 Å². The second kappa shape index (κ2) is 6.10. The smallest absolute Gasteiger partial charge is 0.284 e. The van der Waals surface area contributed by atoms with Crippen molar-refractivity contribution in [2.24, 2.45) is 5.73 Å². The molecule has 1 fully saturated rings. The fraction of sp³-hybridized carbons (Fsp3) is 0.400. The zero-order chi connectivity index (χ0) is 15.7. The van der Waals surface area contributed by atoms with Crippen LogP contribution in [0.5, 0.6) is 0 Å². The van der Waals surface area contributed by atoms with Gasteiger partial charge in [0.1, 0.15) is 5.82 Å². The number of carbonyl (C=O) groups excluding carboxylic acids is 1. The lowest BCUT2D eigenvalue weighted by atomic mass is 10.1. The zero-order valence-corrected chi connectivity index (χ0v) is 13.1. The van der Waals surface area contributed by atoms with Crippen LogP contribution in [0.4, 0.5) is 4.39 Å². The van der Waals surface area contributed by atoms with E-state index in [1.807, 2.05) is 13.0 Å². The van der Waals surface area contributed by atoms with Gasteiger partial charge in [-0.3, -0.25) is 4.79 Å². The van der Waals surface area contributed by atoms with Gasteiger partial charge in [-0.2, -0.15) is 0 Å². The first-order valence-electron chi connectivity index (χ1n) is 7.20. The Labute approximate surface area is 132 Å². The first-order valence-corrected chi connectivity index (χ1v) is 8.01. The SMILES string of the molecule is Cc1cccc(F)c1-c1nnc(C(=O)N2CCC(N)CC2)s1. The van der Waals surface area contributed by atoms with E-state index in [0.717, 1.165) is 29.7 Å². The summed E-state index contributed by atoms with van der Waals surface area (Å²) in [5.74, 6) is -0.497. The van der Waals surface area contributed by atoms with Crippen molar-refractivity contribution in [2.45, 2.75) is 25.8 Å². The molecule has 1 amide bonds. The van der Waals surface area contributed by atoms with Crippen LogP contribution in [0.3, 0.4) is 0 Å². The van der Waals surface area contributed by atoms with E-state index in [9.17, 15) is 9.18 Å². The third-order valence-corrected chi connectivity index (χ3v) is 4.80. The lowest BCUT2D eigenvalue weighted by Gasteiger charge is -2.29. The fourth-order valence-corrected chi connectivity index (χ4v) is 3.47. The van der Waals surface area contributed by atoms with Crippen LogP contribution in [0.25, 0.3) is 10.6 Å². The lowest BCUT2D eigenvalue weighted by Crippen LogP contribution is -2.42. The summed E-state index contributed by atoms with van der Waals surface area (Å²) in [7, 11) is 0. The van der Waals surface area contributed by atoms with Crippen molar-refractivity contribution in [3.05, 3.63) is 34.6 Å². The van der Waals surface area contributed by atoms with E-state index in [-0.39, 0.29) is 17.8 Å². The fourth-order valence-electron chi connectivity index (χ4n) is 2.55. The molecule has 7 heteroatoms. The van der Waals surface area contributed by atoms with E-state index < -0.39 is 0 Å². The Morgan fingerprint density at radius 2 is 2.09 bits per heavy atom. The van der Waals surface area contributed by atoms with E-state index in [2.05, 4.69) is 10.2 Å². The Kier molecular flexibility index (Phi) is 4.17. The molecular formula is C15H17FN4OS. The van der Waals surface area contributed by atoms with Crippen LogP contribution >= 0.6 is 11.3 Å². The number of benzene rings is 1. The highest BCUT2D eigenvalue weighted by Gasteiger charge is 2.25. The Bertz CT molecular complexity index is 674. The van der Waals surface area contributed by atoms with Gasteiger partial charge < -0.3 is 10.6 Å². The van der Waals surface area contributed by atoms with Crippen LogP contribution in [-0.4, -0.2) is 40.1 Å². The van der Waals surface area contributed by atoms with E-state index in [0.29, 0.717) is 28.7 Å². The molecule has 116 valence electrons. The van der Waals surface area contributed by atoms with E-state index in [1.165, 1.54) is 6.07 Å². The Hall–Kier alpha value is -1.86. The number of hydrogen-bond acceptors (Lipinski definition) is 5. The number of hydrogen-bond donors (Lipinski definition) is 1. The van der Waals surface area contributed by atoms with Crippen molar-refractivity contribution in [3.8, 4) is 10.6 Å². The highest BCUT2D eigenvalue weighted by atomic mass is 32.1. The molecule has 5 nitrogen and oxygen atoms in total. The second-order valence-corrected chi connectivity index (χ2v) is 6.45. The minimum absolute atomic E-state index is 0.148. The van der Waals surface area contributed by atoms with E-state index in [1.54, 1.807) is 11.0 Å². The summed E-state index contributed by atoms with van der Waals surface area (Å²) < 4.78 is 14.0. The van der Waals surface area contributed by atoms with Crippen molar-refractivity contribution < 1.29 is 9.18 Å². The maximum Gasteiger partial charge on any atom is 0.284 e. The first-order chi connectivity index (χ1) is 10.6. The molecule has 0 aliphatic carbocycles. The quantitative estimate of drug-likeness (QED) is 0.921. The third-order valence-electron chi connectivity index (χ3n) is 3.87. The Morgan fingerprint density at radius 1 is 1.36 bits per heavy atom. The molecule has 0 unspecified atom stereocenters. The molecule has 1 saturated heterocycles. The minimum Gasteiger partial charge on any atom is -0.336 e. The van der Waals surface area contributed by atoms with E-state index in [4.69, 9.17) is 5.73 Å². The normalized spacial score (nSPS) is 16.0. The number of nitrogens with two attached hydrogens (primary N) is 1. The molecule has 22 heavy (non-hydrogen) atoms. The standard InChI is InChI=1S/C15H17FN4OS/c1-9-3-2-4-11(16)12(9)13-18-19-14(22-13)15(21)20-7-5-10(17)6-8-20/h2-4,10H,5-8,17H2,1H3. The highest BCUT2D eigenvalue weighted by molar-refractivity contribution is 7.16. The first kappa shape index (κ1) is 15.1. The van der Waals surface area contributed by atoms with Crippen molar-refractivity contribution in [3.63, 3.8) is 0 Å². The molecule has 0 bridgehead atoms. The van der Waals surface area contributed by atoms with Crippen LogP contribution in [0.2, 0.25) is 0 Å². The maximum atomic E-state index is 14.0. The predicted molar refractivity (Wildman–Crippen MR) is 83.2 cm³/mol. The number of likely N-dealkylation sites (tertiary alicyclic amines) is 1. The molecule has 0 saturated carbocycles. The van der Waals surface area contributed by atoms with Crippen LogP contribution in [0, 0.1) is 12.7 Å². The average molecular weight is 320 g/mol. The minimum atomic E-state index is -0.348. The van der Waals surface area contributed by atoms with Crippen LogP contribution in [0.1, 0.15) is 28.2 Å². The van der Waals surface area contributed by atoms with Crippen molar-refractivity contribution in [2.75, 3.05) is 13.1 Å². The van der Waals surface area contributed by atoms with Gasteiger partial charge in [-0.25, -0.2) is 4.39 Å². The number of nitrogens with zero attached hydrogens (tertiary/aromatic N) is 3. The number of rotatable bonds is 2. The number of aryl methyl sites for hydroxylation is 1. The third kappa shape index (κ3) is 2.86. The zero-order valence-electron chi connectivity index (χ0n) is 12.3. The van der Waals surface area contributed by atoms with Crippen LogP contribution < -0.4 is 5.73 Å². The molecule has 0 atom stereocenters. The van der Waals surface area contributed by atoms with Gasteiger partial charge in [0, 0.05) is 19.1 Å². The molecule has 2 N–H and O–H groups in total. The molecular weight excluding hydrogens is 303 g/mol. The molecule has 1 aliphatic heterocycles. The predicted octanol–water partition coefficient (Wildman–Crippen LogP) is 2.22. The number of amides is 1. The summed E-state index contributed by atoms with van der Waals surface area (Å²) in [6, 6.07) is 5.01. The molecule has 2 aromatic rings. The lowest BCUT2D eigenvalue weighted by molar-refractivity contribution is 0.0713. The molecule has 0 radical (unpaired) electrons. The highest BCUT2D eigenvalue weighted by Crippen LogP contribution is 2.29. The van der Waals surface area contributed by atoms with Gasteiger partial charge in [-0.05, 0) is 31.4 Å². The number of piperidine rings is 1. The number of halogens is 1. The average Bonchev–Trinajstić information content (AvgIpc) is 2.97. The van der Waals surface area contributed by atoms with Gasteiger partial charge in [-0.1, -0.05) is 23.5 Å². The van der Waals surface area contributed by atoms with Gasteiger partial charge in [0.05, 0.1) is 5.56 Å². The molecule has 1 aromatic carbocycles. The summed E-state index contributed by atoms with van der Waals surface area (Å²) in [6.45, 7) is 3.08. The Morgan fingerprint density at radius 3 is 2.77 bits per heavy atom. The molecule has 1 aromatic heterocycles. The topological polar surface area (TPSA) is 72.1 Å². The largest absolute Gasteiger partial charge is 0.336 e. The number of carbonyl (C=O) groups is 1. The van der Waals surface area contributed by atoms with Crippen molar-refractivity contribution >= 4 is 17.2 Å². The summed E-state index contributed by atoms with van der Waals surface area (Å²) >= 11 is 1.13. The summed E-state index contributed by atoms with van der Waals surface area (Å²) in [4.78, 5) is 14.2. The van der Waals surface area contributed by atoms with Gasteiger partial charge in [0.25, 0.3) is 5.91 Å². The summed E-state index contributed by atoms with van der Waals surface area (Å²) in [6.07, 6.45) is 1.59. The summed E-state index contributed by atoms with van der Waals surface area (Å²) in [5, 5.41) is 8.68. The van der Waals surface area contributed by atoms with Gasteiger partial charge in [-0.15, -0.1) is 10.2 Å². The van der Waals surface area contributed by atoms with Gasteiger partial charge in [0.2, 0.25) is 5.01 Å². The summed E-state index contributed by atoms with van der Waals surface area (Å²) in [5.41, 5.74) is 7.04.